The van der Waals surface area contributed by atoms with Crippen molar-refractivity contribution < 1.29 is 23.7 Å². The van der Waals surface area contributed by atoms with Gasteiger partial charge in [0, 0.05) is 24.8 Å². The highest BCUT2D eigenvalue weighted by Gasteiger charge is 2.17. The number of carbonyl (C=O) groups excluding carboxylic acids is 1. The second-order valence-electron chi connectivity index (χ2n) is 5.70. The molecule has 0 heterocycles. The van der Waals surface area contributed by atoms with Crippen LogP contribution < -0.4 is 19.5 Å². The van der Waals surface area contributed by atoms with E-state index >= 15 is 0 Å². The fourth-order valence-corrected chi connectivity index (χ4v) is 2.73. The maximum Gasteiger partial charge on any atom is 0.251 e. The molecule has 6 heteroatoms. The van der Waals surface area contributed by atoms with E-state index in [2.05, 4.69) is 5.32 Å². The Morgan fingerprint density at radius 3 is 2.33 bits per heavy atom. The molecular weight excluding hydrogens is 346 g/mol. The molecule has 2 aromatic carbocycles. The topological polar surface area (TPSA) is 66.0 Å². The van der Waals surface area contributed by atoms with Crippen LogP contribution in [-0.2, 0) is 4.74 Å². The Hall–Kier alpha value is -2.73. The second-order valence-corrected chi connectivity index (χ2v) is 5.70. The van der Waals surface area contributed by atoms with Crippen LogP contribution >= 0.6 is 0 Å². The van der Waals surface area contributed by atoms with Crippen LogP contribution in [0.5, 0.6) is 17.2 Å². The van der Waals surface area contributed by atoms with E-state index in [0.717, 1.165) is 11.3 Å². The molecule has 0 saturated carbocycles. The van der Waals surface area contributed by atoms with E-state index in [1.165, 1.54) is 0 Å². The molecule has 0 aromatic heterocycles. The fourth-order valence-electron chi connectivity index (χ4n) is 2.73. The van der Waals surface area contributed by atoms with Crippen molar-refractivity contribution in [2.24, 2.45) is 0 Å². The smallest absolute Gasteiger partial charge is 0.251 e. The monoisotopic (exact) mass is 373 g/mol. The molecule has 27 heavy (non-hydrogen) atoms. The molecule has 2 aromatic rings. The van der Waals surface area contributed by atoms with Crippen LogP contribution in [-0.4, -0.2) is 39.9 Å². The fraction of sp³-hybridized carbons (Fsp3) is 0.381. The van der Waals surface area contributed by atoms with Gasteiger partial charge < -0.3 is 24.3 Å². The summed E-state index contributed by atoms with van der Waals surface area (Å²) in [7, 11) is 3.21. The average molecular weight is 373 g/mol. The molecular formula is C21H27NO5. The molecule has 6 nitrogen and oxygen atoms in total. The van der Waals surface area contributed by atoms with Gasteiger partial charge in [0.2, 0.25) is 0 Å². The number of carbonyl (C=O) groups is 1. The van der Waals surface area contributed by atoms with Crippen LogP contribution in [0.2, 0.25) is 0 Å². The Bertz CT molecular complexity index is 747. The quantitative estimate of drug-likeness (QED) is 0.689. The van der Waals surface area contributed by atoms with Gasteiger partial charge >= 0.3 is 0 Å². The minimum absolute atomic E-state index is 0.212. The number of ether oxygens (including phenoxy) is 4. The Morgan fingerprint density at radius 1 is 0.963 bits per heavy atom. The van der Waals surface area contributed by atoms with Gasteiger partial charge in [0.1, 0.15) is 11.9 Å². The van der Waals surface area contributed by atoms with Gasteiger partial charge in [-0.25, -0.2) is 0 Å². The second kappa shape index (κ2) is 10.4. The average Bonchev–Trinajstić information content (AvgIpc) is 2.70. The molecule has 0 radical (unpaired) electrons. The molecule has 1 atom stereocenters. The van der Waals surface area contributed by atoms with Crippen molar-refractivity contribution >= 4 is 5.91 Å². The normalized spacial score (nSPS) is 11.6. The maximum atomic E-state index is 12.6. The van der Waals surface area contributed by atoms with Crippen LogP contribution in [0.4, 0.5) is 0 Å². The van der Waals surface area contributed by atoms with E-state index in [4.69, 9.17) is 18.9 Å². The summed E-state index contributed by atoms with van der Waals surface area (Å²) in [5, 5.41) is 2.90. The van der Waals surface area contributed by atoms with E-state index in [0.29, 0.717) is 36.8 Å². The lowest BCUT2D eigenvalue weighted by Crippen LogP contribution is -2.29. The summed E-state index contributed by atoms with van der Waals surface area (Å²) in [5.74, 6) is 1.69. The van der Waals surface area contributed by atoms with Gasteiger partial charge in [-0.1, -0.05) is 18.2 Å². The van der Waals surface area contributed by atoms with Crippen molar-refractivity contribution in [2.45, 2.75) is 20.0 Å². The van der Waals surface area contributed by atoms with E-state index in [-0.39, 0.29) is 12.0 Å². The number of nitrogens with one attached hydrogen (secondary N) is 1. The highest BCUT2D eigenvalue weighted by Crippen LogP contribution is 2.29. The molecule has 0 spiro atoms. The lowest BCUT2D eigenvalue weighted by Gasteiger charge is -2.19. The van der Waals surface area contributed by atoms with Crippen molar-refractivity contribution in [3.63, 3.8) is 0 Å². The Morgan fingerprint density at radius 2 is 1.67 bits per heavy atom. The van der Waals surface area contributed by atoms with Crippen molar-refractivity contribution in [1.29, 1.82) is 0 Å². The molecule has 146 valence electrons. The number of para-hydroxylation sites is 1. The summed E-state index contributed by atoms with van der Waals surface area (Å²) in [6, 6.07) is 12.7. The van der Waals surface area contributed by atoms with Crippen molar-refractivity contribution in [3.8, 4) is 17.2 Å². The van der Waals surface area contributed by atoms with E-state index in [9.17, 15) is 4.79 Å². The molecule has 1 amide bonds. The first-order valence-electron chi connectivity index (χ1n) is 8.98. The first-order valence-corrected chi connectivity index (χ1v) is 8.98. The lowest BCUT2D eigenvalue weighted by molar-refractivity contribution is 0.0819. The minimum atomic E-state index is -0.320. The maximum absolute atomic E-state index is 12.6. The Labute approximate surface area is 160 Å². The lowest BCUT2D eigenvalue weighted by atomic mass is 10.1. The molecule has 1 N–H and O–H groups in total. The van der Waals surface area contributed by atoms with Gasteiger partial charge in [-0.3, -0.25) is 4.79 Å². The highest BCUT2D eigenvalue weighted by molar-refractivity contribution is 5.94. The third-order valence-electron chi connectivity index (χ3n) is 4.02. The molecule has 0 bridgehead atoms. The zero-order valence-electron chi connectivity index (χ0n) is 16.3. The minimum Gasteiger partial charge on any atom is -0.496 e. The van der Waals surface area contributed by atoms with Gasteiger partial charge in [0.05, 0.1) is 20.3 Å². The first-order chi connectivity index (χ1) is 13.1. The summed E-state index contributed by atoms with van der Waals surface area (Å²) in [6.45, 7) is 5.12. The number of benzene rings is 2. The van der Waals surface area contributed by atoms with Crippen molar-refractivity contribution in [2.75, 3.05) is 34.0 Å². The molecule has 2 rings (SSSR count). The number of rotatable bonds is 10. The van der Waals surface area contributed by atoms with Crippen molar-refractivity contribution in [3.05, 3.63) is 53.6 Å². The summed E-state index contributed by atoms with van der Waals surface area (Å²) in [5.41, 5.74) is 1.38. The molecule has 0 fully saturated rings. The largest absolute Gasteiger partial charge is 0.496 e. The molecule has 0 aliphatic heterocycles. The first kappa shape index (κ1) is 20.6. The SMILES string of the molecule is CCOc1ccc(C(=O)NCC(OC)c2ccccc2OC)cc1OCC. The number of hydrogen-bond donors (Lipinski definition) is 1. The molecule has 0 aliphatic carbocycles. The summed E-state index contributed by atoms with van der Waals surface area (Å²) in [6.07, 6.45) is -0.320. The summed E-state index contributed by atoms with van der Waals surface area (Å²) >= 11 is 0. The Balaban J connectivity index is 2.10. The summed E-state index contributed by atoms with van der Waals surface area (Å²) in [4.78, 5) is 12.6. The zero-order chi connectivity index (χ0) is 19.6. The number of methoxy groups -OCH3 is 2. The van der Waals surface area contributed by atoms with Crippen LogP contribution in [0, 0.1) is 0 Å². The van der Waals surface area contributed by atoms with Gasteiger partial charge in [-0.2, -0.15) is 0 Å². The van der Waals surface area contributed by atoms with Gasteiger partial charge in [-0.15, -0.1) is 0 Å². The molecule has 0 aliphatic rings. The standard InChI is InChI=1S/C21H27NO5/c1-5-26-18-12-11-15(13-19(18)27-6-2)21(23)22-14-20(25-4)16-9-7-8-10-17(16)24-3/h7-13,20H,5-6,14H2,1-4H3,(H,22,23). The molecule has 0 saturated heterocycles. The van der Waals surface area contributed by atoms with Crippen LogP contribution in [0.15, 0.2) is 42.5 Å². The van der Waals surface area contributed by atoms with Crippen molar-refractivity contribution in [1.82, 2.24) is 5.32 Å². The predicted molar refractivity (Wildman–Crippen MR) is 104 cm³/mol. The van der Waals surface area contributed by atoms with E-state index in [1.807, 2.05) is 38.1 Å². The van der Waals surface area contributed by atoms with Crippen LogP contribution in [0.1, 0.15) is 35.9 Å². The zero-order valence-corrected chi connectivity index (χ0v) is 16.3. The third-order valence-corrected chi connectivity index (χ3v) is 4.02. The molecule has 1 unspecified atom stereocenters. The Kier molecular flexibility index (Phi) is 7.95. The third kappa shape index (κ3) is 5.37. The van der Waals surface area contributed by atoms with E-state index in [1.54, 1.807) is 32.4 Å². The van der Waals surface area contributed by atoms with Crippen LogP contribution in [0.25, 0.3) is 0 Å². The number of amides is 1. The van der Waals surface area contributed by atoms with Gasteiger partial charge in [0.25, 0.3) is 5.91 Å². The van der Waals surface area contributed by atoms with E-state index < -0.39 is 0 Å². The highest BCUT2D eigenvalue weighted by atomic mass is 16.5. The van der Waals surface area contributed by atoms with Gasteiger partial charge in [0.15, 0.2) is 11.5 Å². The number of hydrogen-bond acceptors (Lipinski definition) is 5. The van der Waals surface area contributed by atoms with Crippen LogP contribution in [0.3, 0.4) is 0 Å². The predicted octanol–water partition coefficient (Wildman–Crippen LogP) is 3.61. The van der Waals surface area contributed by atoms with Gasteiger partial charge in [-0.05, 0) is 38.1 Å². The summed E-state index contributed by atoms with van der Waals surface area (Å²) < 4.78 is 22.0.